The molecule has 3 aromatic carbocycles. The van der Waals surface area contributed by atoms with E-state index < -0.39 is 35.0 Å². The highest BCUT2D eigenvalue weighted by Gasteiger charge is 2.31. The molecule has 172 valence electrons. The first-order chi connectivity index (χ1) is 15.6. The van der Waals surface area contributed by atoms with E-state index in [1.54, 1.807) is 42.5 Å². The van der Waals surface area contributed by atoms with Crippen molar-refractivity contribution in [2.45, 2.75) is 12.7 Å². The first kappa shape index (κ1) is 23.8. The highest BCUT2D eigenvalue weighted by Crippen LogP contribution is 2.30. The van der Waals surface area contributed by atoms with Gasteiger partial charge in [0.2, 0.25) is 0 Å². The number of hydrogen-bond acceptors (Lipinski definition) is 4. The molecule has 0 heterocycles. The molecule has 0 bridgehead atoms. The van der Waals surface area contributed by atoms with E-state index >= 15 is 0 Å². The first-order valence-electron chi connectivity index (χ1n) is 9.64. The van der Waals surface area contributed by atoms with Crippen molar-refractivity contribution >= 4 is 11.9 Å². The van der Waals surface area contributed by atoms with E-state index in [1.807, 2.05) is 0 Å². The highest BCUT2D eigenvalue weighted by atomic mass is 19.4. The fourth-order valence-corrected chi connectivity index (χ4v) is 3.16. The second kappa shape index (κ2) is 9.72. The topological polar surface area (TPSA) is 64.6 Å². The van der Waals surface area contributed by atoms with Gasteiger partial charge in [0.05, 0.1) is 30.9 Å². The normalized spacial score (nSPS) is 11.1. The number of carbonyl (C=O) groups excluding carboxylic acids is 2. The molecule has 0 unspecified atom stereocenters. The van der Waals surface area contributed by atoms with Crippen molar-refractivity contribution in [3.8, 4) is 16.9 Å². The molecule has 0 aliphatic rings. The summed E-state index contributed by atoms with van der Waals surface area (Å²) in [5.41, 5.74) is 0.818. The summed E-state index contributed by atoms with van der Waals surface area (Å²) < 4.78 is 62.2. The average Bonchev–Trinajstić information content (AvgIpc) is 2.81. The summed E-state index contributed by atoms with van der Waals surface area (Å²) in [6, 6.07) is 13.6. The SMILES string of the molecule is COC(=O)c1ccc(-c2ccc(OC)c(CNC(=O)c3ccc(C(F)(F)F)cc3F)c2)cc1. The molecule has 0 atom stereocenters. The quantitative estimate of drug-likeness (QED) is 0.403. The van der Waals surface area contributed by atoms with Gasteiger partial charge >= 0.3 is 12.1 Å². The molecule has 0 aliphatic carbocycles. The molecule has 0 fully saturated rings. The molecular formula is C24H19F4NO4. The molecule has 9 heteroatoms. The summed E-state index contributed by atoms with van der Waals surface area (Å²) in [6.07, 6.45) is -4.71. The third kappa shape index (κ3) is 5.49. The van der Waals surface area contributed by atoms with Crippen LogP contribution in [0, 0.1) is 5.82 Å². The minimum absolute atomic E-state index is 0.0590. The standard InChI is InChI=1S/C24H19F4NO4/c1-32-21-10-7-16(14-3-5-15(6-4-14)23(31)33-2)11-17(21)13-29-22(30)19-9-8-18(12-20(19)25)24(26,27)28/h3-12H,13H2,1-2H3,(H,29,30). The maximum atomic E-state index is 14.1. The Hall–Kier alpha value is -3.88. The van der Waals surface area contributed by atoms with Gasteiger partial charge in [-0.15, -0.1) is 0 Å². The van der Waals surface area contributed by atoms with Crippen molar-refractivity contribution in [2.24, 2.45) is 0 Å². The number of alkyl halides is 3. The van der Waals surface area contributed by atoms with Crippen LogP contribution in [0.25, 0.3) is 11.1 Å². The fourth-order valence-electron chi connectivity index (χ4n) is 3.16. The molecule has 5 nitrogen and oxygen atoms in total. The number of carbonyl (C=O) groups is 2. The number of halogens is 4. The van der Waals surface area contributed by atoms with Crippen LogP contribution in [0.1, 0.15) is 31.8 Å². The number of rotatable bonds is 6. The Morgan fingerprint density at radius 2 is 1.58 bits per heavy atom. The number of methoxy groups -OCH3 is 2. The second-order valence-corrected chi connectivity index (χ2v) is 6.97. The van der Waals surface area contributed by atoms with E-state index in [0.29, 0.717) is 22.9 Å². The van der Waals surface area contributed by atoms with E-state index in [4.69, 9.17) is 4.74 Å². The molecule has 3 aromatic rings. The number of nitrogens with one attached hydrogen (secondary N) is 1. The molecule has 0 saturated heterocycles. The predicted molar refractivity (Wildman–Crippen MR) is 112 cm³/mol. The minimum atomic E-state index is -4.71. The number of ether oxygens (including phenoxy) is 2. The summed E-state index contributed by atoms with van der Waals surface area (Å²) >= 11 is 0. The third-order valence-electron chi connectivity index (χ3n) is 4.90. The van der Waals surface area contributed by atoms with Crippen LogP contribution in [-0.4, -0.2) is 26.1 Å². The van der Waals surface area contributed by atoms with Crippen LogP contribution in [-0.2, 0) is 17.5 Å². The van der Waals surface area contributed by atoms with Gasteiger partial charge < -0.3 is 14.8 Å². The number of esters is 1. The van der Waals surface area contributed by atoms with Crippen LogP contribution in [0.15, 0.2) is 60.7 Å². The molecule has 1 N–H and O–H groups in total. The van der Waals surface area contributed by atoms with E-state index in [9.17, 15) is 27.2 Å². The molecule has 0 spiro atoms. The Morgan fingerprint density at radius 1 is 0.909 bits per heavy atom. The Bertz CT molecular complexity index is 1170. The zero-order valence-electron chi connectivity index (χ0n) is 17.6. The zero-order chi connectivity index (χ0) is 24.2. The Labute approximate surface area is 186 Å². The summed E-state index contributed by atoms with van der Waals surface area (Å²) in [4.78, 5) is 24.0. The molecular weight excluding hydrogens is 442 g/mol. The first-order valence-corrected chi connectivity index (χ1v) is 9.64. The lowest BCUT2D eigenvalue weighted by Crippen LogP contribution is -2.24. The maximum Gasteiger partial charge on any atom is 0.416 e. The molecule has 0 aliphatic heterocycles. The van der Waals surface area contributed by atoms with Gasteiger partial charge in [-0.3, -0.25) is 4.79 Å². The van der Waals surface area contributed by atoms with Crippen molar-refractivity contribution in [3.63, 3.8) is 0 Å². The Kier molecular flexibility index (Phi) is 7.01. The van der Waals surface area contributed by atoms with Crippen molar-refractivity contribution < 1.29 is 36.6 Å². The van der Waals surface area contributed by atoms with Crippen LogP contribution in [0.2, 0.25) is 0 Å². The Balaban J connectivity index is 1.79. The minimum Gasteiger partial charge on any atom is -0.496 e. The van der Waals surface area contributed by atoms with Gasteiger partial charge in [-0.2, -0.15) is 13.2 Å². The van der Waals surface area contributed by atoms with E-state index in [2.05, 4.69) is 10.1 Å². The number of amides is 1. The van der Waals surface area contributed by atoms with Crippen LogP contribution in [0.4, 0.5) is 17.6 Å². The van der Waals surface area contributed by atoms with Crippen LogP contribution in [0.3, 0.4) is 0 Å². The number of benzene rings is 3. The van der Waals surface area contributed by atoms with Gasteiger partial charge in [0.1, 0.15) is 11.6 Å². The van der Waals surface area contributed by atoms with E-state index in [-0.39, 0.29) is 12.6 Å². The van der Waals surface area contributed by atoms with Crippen molar-refractivity contribution in [3.05, 3.63) is 88.7 Å². The summed E-state index contributed by atoms with van der Waals surface area (Å²) in [7, 11) is 2.73. The van der Waals surface area contributed by atoms with Crippen molar-refractivity contribution in [1.82, 2.24) is 5.32 Å². The van der Waals surface area contributed by atoms with Crippen LogP contribution >= 0.6 is 0 Å². The second-order valence-electron chi connectivity index (χ2n) is 6.97. The van der Waals surface area contributed by atoms with Crippen LogP contribution in [0.5, 0.6) is 5.75 Å². The lowest BCUT2D eigenvalue weighted by atomic mass is 10.0. The van der Waals surface area contributed by atoms with Crippen molar-refractivity contribution in [2.75, 3.05) is 14.2 Å². The number of hydrogen-bond donors (Lipinski definition) is 1. The zero-order valence-corrected chi connectivity index (χ0v) is 17.6. The molecule has 0 radical (unpaired) electrons. The lowest BCUT2D eigenvalue weighted by Gasteiger charge is -2.13. The third-order valence-corrected chi connectivity index (χ3v) is 4.90. The van der Waals surface area contributed by atoms with Crippen LogP contribution < -0.4 is 10.1 Å². The predicted octanol–water partition coefficient (Wildman–Crippen LogP) is 5.24. The molecule has 1 amide bonds. The maximum absolute atomic E-state index is 14.1. The molecule has 33 heavy (non-hydrogen) atoms. The van der Waals surface area contributed by atoms with Gasteiger partial charge in [0, 0.05) is 12.1 Å². The molecule has 3 rings (SSSR count). The van der Waals surface area contributed by atoms with E-state index in [1.165, 1.54) is 14.2 Å². The van der Waals surface area contributed by atoms with Gasteiger partial charge in [-0.1, -0.05) is 18.2 Å². The largest absolute Gasteiger partial charge is 0.496 e. The van der Waals surface area contributed by atoms with E-state index in [0.717, 1.165) is 17.2 Å². The molecule has 0 saturated carbocycles. The van der Waals surface area contributed by atoms with Gasteiger partial charge in [-0.25, -0.2) is 9.18 Å². The molecule has 0 aromatic heterocycles. The fraction of sp³-hybridized carbons (Fsp3) is 0.167. The van der Waals surface area contributed by atoms with Gasteiger partial charge in [0.25, 0.3) is 5.91 Å². The Morgan fingerprint density at radius 3 is 2.15 bits per heavy atom. The summed E-state index contributed by atoms with van der Waals surface area (Å²) in [5.74, 6) is -2.14. The lowest BCUT2D eigenvalue weighted by molar-refractivity contribution is -0.137. The monoisotopic (exact) mass is 461 g/mol. The van der Waals surface area contributed by atoms with Crippen molar-refractivity contribution in [1.29, 1.82) is 0 Å². The highest BCUT2D eigenvalue weighted by molar-refractivity contribution is 5.94. The van der Waals surface area contributed by atoms with Gasteiger partial charge in [-0.05, 0) is 53.6 Å². The van der Waals surface area contributed by atoms with Gasteiger partial charge in [0.15, 0.2) is 0 Å². The summed E-state index contributed by atoms with van der Waals surface area (Å²) in [6.45, 7) is -0.0590. The smallest absolute Gasteiger partial charge is 0.416 e. The average molecular weight is 461 g/mol. The summed E-state index contributed by atoms with van der Waals surface area (Å²) in [5, 5.41) is 2.50.